The monoisotopic (exact) mass is 301 g/mol. The summed E-state index contributed by atoms with van der Waals surface area (Å²) in [5.74, 6) is 0.300. The van der Waals surface area contributed by atoms with Crippen molar-refractivity contribution in [3.05, 3.63) is 12.7 Å². The molecule has 1 atom stereocenters. The molecule has 1 unspecified atom stereocenters. The van der Waals surface area contributed by atoms with Crippen molar-refractivity contribution in [1.29, 1.82) is 0 Å². The van der Waals surface area contributed by atoms with E-state index in [1.807, 2.05) is 0 Å². The molecule has 0 radical (unpaired) electrons. The van der Waals surface area contributed by atoms with E-state index in [1.165, 1.54) is 0 Å². The van der Waals surface area contributed by atoms with E-state index in [9.17, 15) is 8.42 Å². The van der Waals surface area contributed by atoms with Gasteiger partial charge in [-0.2, -0.15) is 4.31 Å². The van der Waals surface area contributed by atoms with Crippen molar-refractivity contribution in [2.75, 3.05) is 16.7 Å². The molecule has 0 saturated carbocycles. The van der Waals surface area contributed by atoms with E-state index in [1.54, 1.807) is 10.4 Å². The molecular formula is C7H12INO2S. The van der Waals surface area contributed by atoms with Gasteiger partial charge in [0, 0.05) is 17.0 Å². The van der Waals surface area contributed by atoms with Gasteiger partial charge in [0.25, 0.3) is 0 Å². The Kier molecular flexibility index (Phi) is 3.54. The lowest BCUT2D eigenvalue weighted by atomic mass is 10.3. The van der Waals surface area contributed by atoms with Crippen LogP contribution in [0.3, 0.4) is 0 Å². The number of sulfonamides is 1. The van der Waals surface area contributed by atoms with Crippen LogP contribution in [0.4, 0.5) is 0 Å². The van der Waals surface area contributed by atoms with Crippen molar-refractivity contribution in [2.45, 2.75) is 12.5 Å². The SMILES string of the molecule is C=CCN1C(CI)CCS1(=O)=O. The van der Waals surface area contributed by atoms with Crippen molar-refractivity contribution in [2.24, 2.45) is 0 Å². The predicted octanol–water partition coefficient (Wildman–Crippen LogP) is 1.01. The number of hydrogen-bond donors (Lipinski definition) is 0. The van der Waals surface area contributed by atoms with Crippen LogP contribution in [0.25, 0.3) is 0 Å². The number of halogens is 1. The van der Waals surface area contributed by atoms with Crippen LogP contribution < -0.4 is 0 Å². The van der Waals surface area contributed by atoms with Crippen LogP contribution in [0.2, 0.25) is 0 Å². The topological polar surface area (TPSA) is 37.4 Å². The third-order valence-electron chi connectivity index (χ3n) is 1.96. The Labute approximate surface area is 87.0 Å². The van der Waals surface area contributed by atoms with Gasteiger partial charge in [-0.15, -0.1) is 6.58 Å². The molecule has 0 aromatic carbocycles. The van der Waals surface area contributed by atoms with E-state index in [0.717, 1.165) is 10.8 Å². The summed E-state index contributed by atoms with van der Waals surface area (Å²) in [6.45, 7) is 4.00. The Hall–Kier alpha value is 0.380. The van der Waals surface area contributed by atoms with E-state index >= 15 is 0 Å². The molecule has 0 spiro atoms. The van der Waals surface area contributed by atoms with Gasteiger partial charge >= 0.3 is 0 Å². The van der Waals surface area contributed by atoms with Gasteiger partial charge in [-0.25, -0.2) is 8.42 Å². The van der Waals surface area contributed by atoms with Crippen LogP contribution in [-0.4, -0.2) is 35.5 Å². The molecule has 1 aliphatic rings. The molecule has 1 aliphatic heterocycles. The van der Waals surface area contributed by atoms with E-state index in [0.29, 0.717) is 12.3 Å². The molecule has 0 aliphatic carbocycles. The lowest BCUT2D eigenvalue weighted by Crippen LogP contribution is -2.34. The average molecular weight is 301 g/mol. The Balaban J connectivity index is 2.80. The van der Waals surface area contributed by atoms with Crippen molar-refractivity contribution in [3.8, 4) is 0 Å². The highest BCUT2D eigenvalue weighted by Gasteiger charge is 2.35. The van der Waals surface area contributed by atoms with Crippen LogP contribution in [0, 0.1) is 0 Å². The smallest absolute Gasteiger partial charge is 0.212 e. The standard InChI is InChI=1S/C7H12INO2S/c1-2-4-9-7(6-8)3-5-12(9,10)11/h2,7H,1,3-6H2. The van der Waals surface area contributed by atoms with Gasteiger partial charge in [-0.3, -0.25) is 0 Å². The summed E-state index contributed by atoms with van der Waals surface area (Å²) in [5.41, 5.74) is 0. The van der Waals surface area contributed by atoms with Gasteiger partial charge in [-0.1, -0.05) is 28.7 Å². The minimum Gasteiger partial charge on any atom is -0.212 e. The Bertz CT molecular complexity index is 263. The second-order valence-electron chi connectivity index (χ2n) is 2.77. The third-order valence-corrected chi connectivity index (χ3v) is 4.89. The van der Waals surface area contributed by atoms with Crippen molar-refractivity contribution in [1.82, 2.24) is 4.31 Å². The first-order chi connectivity index (χ1) is 5.61. The third kappa shape index (κ3) is 2.00. The highest BCUT2D eigenvalue weighted by Crippen LogP contribution is 2.22. The van der Waals surface area contributed by atoms with Gasteiger partial charge in [-0.05, 0) is 6.42 Å². The molecule has 0 amide bonds. The number of hydrogen-bond acceptors (Lipinski definition) is 2. The van der Waals surface area contributed by atoms with E-state index < -0.39 is 10.0 Å². The first-order valence-corrected chi connectivity index (χ1v) is 6.91. The van der Waals surface area contributed by atoms with Crippen LogP contribution >= 0.6 is 22.6 Å². The number of rotatable bonds is 3. The molecule has 1 saturated heterocycles. The molecule has 1 heterocycles. The second kappa shape index (κ2) is 4.06. The van der Waals surface area contributed by atoms with E-state index in [4.69, 9.17) is 0 Å². The van der Waals surface area contributed by atoms with Crippen LogP contribution in [0.5, 0.6) is 0 Å². The molecule has 0 bridgehead atoms. The maximum absolute atomic E-state index is 11.4. The molecule has 0 aromatic heterocycles. The van der Waals surface area contributed by atoms with Gasteiger partial charge in [0.2, 0.25) is 10.0 Å². The van der Waals surface area contributed by atoms with Crippen molar-refractivity contribution < 1.29 is 8.42 Å². The molecule has 1 rings (SSSR count). The molecule has 0 aromatic rings. The zero-order valence-corrected chi connectivity index (χ0v) is 9.71. The van der Waals surface area contributed by atoms with Gasteiger partial charge in [0.05, 0.1) is 5.75 Å². The Morgan fingerprint density at radius 3 is 2.83 bits per heavy atom. The summed E-state index contributed by atoms with van der Waals surface area (Å²) in [6, 6.07) is 0.189. The maximum atomic E-state index is 11.4. The number of alkyl halides is 1. The van der Waals surface area contributed by atoms with Crippen molar-refractivity contribution >= 4 is 32.6 Å². The normalized spacial score (nSPS) is 28.9. The maximum Gasteiger partial charge on any atom is 0.214 e. The summed E-state index contributed by atoms with van der Waals surface area (Å²) in [5, 5.41) is 0. The highest BCUT2D eigenvalue weighted by atomic mass is 127. The summed E-state index contributed by atoms with van der Waals surface area (Å²) in [6.07, 6.45) is 2.40. The highest BCUT2D eigenvalue weighted by molar-refractivity contribution is 14.1. The molecule has 5 heteroatoms. The second-order valence-corrected chi connectivity index (χ2v) is 5.69. The minimum atomic E-state index is -2.95. The molecule has 70 valence electrons. The van der Waals surface area contributed by atoms with Gasteiger partial charge in [0.15, 0.2) is 0 Å². The lowest BCUT2D eigenvalue weighted by molar-refractivity contribution is 0.400. The molecular weight excluding hydrogens is 289 g/mol. The fourth-order valence-corrected chi connectivity index (χ4v) is 4.27. The minimum absolute atomic E-state index is 0.189. The summed E-state index contributed by atoms with van der Waals surface area (Å²) < 4.78 is 25.2. The predicted molar refractivity (Wildman–Crippen MR) is 58.0 cm³/mol. The molecule has 0 N–H and O–H groups in total. The Morgan fingerprint density at radius 2 is 2.33 bits per heavy atom. The van der Waals surface area contributed by atoms with E-state index in [-0.39, 0.29) is 6.04 Å². The van der Waals surface area contributed by atoms with Crippen LogP contribution in [0.1, 0.15) is 6.42 Å². The summed E-state index contributed by atoms with van der Waals surface area (Å²) in [4.78, 5) is 0. The Morgan fingerprint density at radius 1 is 1.67 bits per heavy atom. The fraction of sp³-hybridized carbons (Fsp3) is 0.714. The first kappa shape index (κ1) is 10.5. The molecule has 1 fully saturated rings. The zero-order chi connectivity index (χ0) is 9.19. The quantitative estimate of drug-likeness (QED) is 0.443. The summed E-state index contributed by atoms with van der Waals surface area (Å²) in [7, 11) is -2.95. The van der Waals surface area contributed by atoms with Crippen molar-refractivity contribution in [3.63, 3.8) is 0 Å². The molecule has 12 heavy (non-hydrogen) atoms. The van der Waals surface area contributed by atoms with Crippen LogP contribution in [-0.2, 0) is 10.0 Å². The fourth-order valence-electron chi connectivity index (χ4n) is 1.32. The largest absolute Gasteiger partial charge is 0.214 e. The number of nitrogens with zero attached hydrogens (tertiary/aromatic N) is 1. The molecule has 3 nitrogen and oxygen atoms in total. The van der Waals surface area contributed by atoms with Crippen LogP contribution in [0.15, 0.2) is 12.7 Å². The van der Waals surface area contributed by atoms with Gasteiger partial charge in [0.1, 0.15) is 0 Å². The van der Waals surface area contributed by atoms with Gasteiger partial charge < -0.3 is 0 Å². The lowest BCUT2D eigenvalue weighted by Gasteiger charge is -2.18. The zero-order valence-electron chi connectivity index (χ0n) is 6.74. The summed E-state index contributed by atoms with van der Waals surface area (Å²) >= 11 is 2.22. The van der Waals surface area contributed by atoms with E-state index in [2.05, 4.69) is 29.2 Å². The average Bonchev–Trinajstić information content (AvgIpc) is 2.29. The first-order valence-electron chi connectivity index (χ1n) is 3.78.